The first kappa shape index (κ1) is 55.1. The Bertz CT molecular complexity index is 788. The zero-order valence-corrected chi connectivity index (χ0v) is 38.0. The van der Waals surface area contributed by atoms with Crippen LogP contribution in [0.5, 0.6) is 0 Å². The molecule has 5 nitrogen and oxygen atoms in total. The molecule has 0 fully saturated rings. The van der Waals surface area contributed by atoms with Crippen LogP contribution in [0.3, 0.4) is 0 Å². The molecule has 0 spiro atoms. The Kier molecular flexibility index (Phi) is 46.0. The molecule has 334 valence electrons. The largest absolute Gasteiger partial charge is 0.394 e. The van der Waals surface area contributed by atoms with E-state index in [1.807, 2.05) is 0 Å². The van der Waals surface area contributed by atoms with Gasteiger partial charge in [0.1, 0.15) is 6.10 Å². The van der Waals surface area contributed by atoms with Crippen LogP contribution in [-0.4, -0.2) is 46.1 Å². The van der Waals surface area contributed by atoms with Crippen molar-refractivity contribution in [2.24, 2.45) is 0 Å². The molecule has 0 rings (SSSR count). The molecule has 0 aromatic heterocycles. The van der Waals surface area contributed by atoms with Crippen LogP contribution in [-0.2, 0) is 4.79 Å². The lowest BCUT2D eigenvalue weighted by molar-refractivity contribution is -0.124. The third-order valence-electron chi connectivity index (χ3n) is 12.1. The van der Waals surface area contributed by atoms with Gasteiger partial charge in [-0.15, -0.1) is 0 Å². The van der Waals surface area contributed by atoms with Crippen molar-refractivity contribution in [2.45, 2.75) is 302 Å². The van der Waals surface area contributed by atoms with Gasteiger partial charge in [0.05, 0.1) is 18.8 Å². The first-order chi connectivity index (χ1) is 27.6. The molecule has 0 radical (unpaired) electrons. The summed E-state index contributed by atoms with van der Waals surface area (Å²) in [6, 6.07) is -0.809. The molecular formula is C51H101NO4. The van der Waals surface area contributed by atoms with Crippen molar-refractivity contribution in [3.63, 3.8) is 0 Å². The van der Waals surface area contributed by atoms with Gasteiger partial charge in [0, 0.05) is 6.42 Å². The first-order valence-electron chi connectivity index (χ1n) is 25.5. The molecule has 0 saturated heterocycles. The highest BCUT2D eigenvalue weighted by molar-refractivity contribution is 5.76. The number of nitrogens with one attached hydrogen (secondary N) is 1. The van der Waals surface area contributed by atoms with E-state index in [0.29, 0.717) is 12.8 Å². The fourth-order valence-corrected chi connectivity index (χ4v) is 8.16. The molecule has 0 saturated carbocycles. The average molecular weight is 792 g/mol. The van der Waals surface area contributed by atoms with Crippen molar-refractivity contribution in [3.8, 4) is 0 Å². The second-order valence-corrected chi connectivity index (χ2v) is 17.7. The van der Waals surface area contributed by atoms with E-state index in [-0.39, 0.29) is 12.5 Å². The van der Waals surface area contributed by atoms with E-state index in [0.717, 1.165) is 32.1 Å². The molecule has 0 aliphatic heterocycles. The maximum absolute atomic E-state index is 12.5. The number of carbonyl (C=O) groups excluding carboxylic acids is 1. The highest BCUT2D eigenvalue weighted by Crippen LogP contribution is 2.17. The third kappa shape index (κ3) is 41.3. The lowest BCUT2D eigenvalue weighted by atomic mass is 9.99. The minimum atomic E-state index is -1.14. The van der Waals surface area contributed by atoms with Crippen molar-refractivity contribution in [1.82, 2.24) is 5.32 Å². The van der Waals surface area contributed by atoms with Crippen LogP contribution in [0.4, 0.5) is 0 Å². The van der Waals surface area contributed by atoms with E-state index in [1.54, 1.807) is 0 Å². The second kappa shape index (κ2) is 46.8. The van der Waals surface area contributed by atoms with Crippen LogP contribution in [0.1, 0.15) is 284 Å². The minimum absolute atomic E-state index is 0.144. The van der Waals surface area contributed by atoms with Crippen molar-refractivity contribution in [3.05, 3.63) is 12.2 Å². The number of rotatable bonds is 47. The summed E-state index contributed by atoms with van der Waals surface area (Å²) < 4.78 is 0. The van der Waals surface area contributed by atoms with Gasteiger partial charge >= 0.3 is 0 Å². The van der Waals surface area contributed by atoms with Crippen LogP contribution in [0, 0.1) is 0 Å². The summed E-state index contributed by atoms with van der Waals surface area (Å²) in [5.74, 6) is -0.144. The monoisotopic (exact) mass is 792 g/mol. The Morgan fingerprint density at radius 1 is 0.429 bits per heavy atom. The number of aliphatic hydroxyl groups excluding tert-OH is 3. The number of amides is 1. The number of allylic oxidation sites excluding steroid dienone is 2. The summed E-state index contributed by atoms with van der Waals surface area (Å²) in [7, 11) is 0. The highest BCUT2D eigenvalue weighted by atomic mass is 16.3. The molecule has 0 heterocycles. The molecule has 3 atom stereocenters. The highest BCUT2D eigenvalue weighted by Gasteiger charge is 2.26. The quantitative estimate of drug-likeness (QED) is 0.0365. The normalized spacial score (nSPS) is 13.4. The van der Waals surface area contributed by atoms with E-state index in [1.165, 1.54) is 225 Å². The molecule has 3 unspecified atom stereocenters. The summed E-state index contributed by atoms with van der Waals surface area (Å²) >= 11 is 0. The van der Waals surface area contributed by atoms with E-state index in [9.17, 15) is 20.1 Å². The van der Waals surface area contributed by atoms with Gasteiger partial charge < -0.3 is 20.6 Å². The first-order valence-corrected chi connectivity index (χ1v) is 25.5. The molecule has 0 aromatic rings. The third-order valence-corrected chi connectivity index (χ3v) is 12.1. The van der Waals surface area contributed by atoms with Crippen LogP contribution in [0.2, 0.25) is 0 Å². The number of aliphatic hydroxyl groups is 3. The van der Waals surface area contributed by atoms with Crippen LogP contribution >= 0.6 is 0 Å². The molecule has 0 aliphatic rings. The van der Waals surface area contributed by atoms with Gasteiger partial charge in [-0.1, -0.05) is 251 Å². The number of unbranched alkanes of at least 4 members (excludes halogenated alkanes) is 37. The zero-order chi connectivity index (χ0) is 40.8. The summed E-state index contributed by atoms with van der Waals surface area (Å²) in [5, 5.41) is 33.7. The van der Waals surface area contributed by atoms with Gasteiger partial charge in [-0.2, -0.15) is 0 Å². The number of hydrogen-bond acceptors (Lipinski definition) is 4. The Morgan fingerprint density at radius 3 is 1.04 bits per heavy atom. The summed E-state index contributed by atoms with van der Waals surface area (Å²) in [5.41, 5.74) is 0. The molecule has 0 bridgehead atoms. The Balaban J connectivity index is 3.56. The number of hydrogen-bond donors (Lipinski definition) is 4. The van der Waals surface area contributed by atoms with Gasteiger partial charge in [-0.3, -0.25) is 4.79 Å². The zero-order valence-electron chi connectivity index (χ0n) is 38.0. The fraction of sp³-hybridized carbons (Fsp3) is 0.941. The predicted octanol–water partition coefficient (Wildman–Crippen LogP) is 15.2. The predicted molar refractivity (Wildman–Crippen MR) is 245 cm³/mol. The Labute approximate surface area is 350 Å². The number of carbonyl (C=O) groups is 1. The van der Waals surface area contributed by atoms with Crippen LogP contribution in [0.25, 0.3) is 0 Å². The van der Waals surface area contributed by atoms with Crippen LogP contribution < -0.4 is 5.32 Å². The van der Waals surface area contributed by atoms with Gasteiger partial charge in [0.15, 0.2) is 0 Å². The van der Waals surface area contributed by atoms with Crippen molar-refractivity contribution < 1.29 is 20.1 Å². The molecule has 1 amide bonds. The van der Waals surface area contributed by atoms with E-state index in [4.69, 9.17) is 0 Å². The standard InChI is InChI=1S/C51H101NO4/c1-3-5-7-9-11-13-15-17-19-21-23-24-25-26-28-30-32-34-36-38-40-42-44-46-50(55)52-48(47-53)51(56)49(54)45-43-41-39-37-35-33-31-29-27-22-20-18-16-14-12-10-8-6-4-2/h26,28,48-49,51,53-54,56H,3-25,27,29-47H2,1-2H3,(H,52,55)/b28-26-. The summed E-state index contributed by atoms with van der Waals surface area (Å²) in [6.07, 6.45) is 56.2. The molecule has 0 aromatic carbocycles. The topological polar surface area (TPSA) is 89.8 Å². The van der Waals surface area contributed by atoms with E-state index < -0.39 is 18.2 Å². The Hall–Kier alpha value is -0.910. The molecule has 4 N–H and O–H groups in total. The van der Waals surface area contributed by atoms with Gasteiger partial charge in [0.25, 0.3) is 0 Å². The molecule has 0 aliphatic carbocycles. The maximum Gasteiger partial charge on any atom is 0.220 e. The Morgan fingerprint density at radius 2 is 0.714 bits per heavy atom. The van der Waals surface area contributed by atoms with Gasteiger partial charge in [-0.25, -0.2) is 0 Å². The van der Waals surface area contributed by atoms with Crippen molar-refractivity contribution in [1.29, 1.82) is 0 Å². The van der Waals surface area contributed by atoms with E-state index >= 15 is 0 Å². The SMILES string of the molecule is CCCCCCCCCCCCCC/C=C\CCCCCCCCCC(=O)NC(CO)C(O)C(O)CCCCCCCCCCCCCCCCCCCCC. The van der Waals surface area contributed by atoms with Crippen molar-refractivity contribution in [2.75, 3.05) is 6.61 Å². The molecular weight excluding hydrogens is 691 g/mol. The smallest absolute Gasteiger partial charge is 0.220 e. The summed E-state index contributed by atoms with van der Waals surface area (Å²) in [6.45, 7) is 4.21. The van der Waals surface area contributed by atoms with Gasteiger partial charge in [-0.05, 0) is 38.5 Å². The van der Waals surface area contributed by atoms with Crippen LogP contribution in [0.15, 0.2) is 12.2 Å². The van der Waals surface area contributed by atoms with Gasteiger partial charge in [0.2, 0.25) is 5.91 Å². The molecule has 5 heteroatoms. The second-order valence-electron chi connectivity index (χ2n) is 17.7. The summed E-state index contributed by atoms with van der Waals surface area (Å²) in [4.78, 5) is 12.5. The van der Waals surface area contributed by atoms with E-state index in [2.05, 4.69) is 31.3 Å². The minimum Gasteiger partial charge on any atom is -0.394 e. The van der Waals surface area contributed by atoms with Crippen molar-refractivity contribution >= 4 is 5.91 Å². The fourth-order valence-electron chi connectivity index (χ4n) is 8.16. The maximum atomic E-state index is 12.5. The lowest BCUT2D eigenvalue weighted by Gasteiger charge is -2.26. The average Bonchev–Trinajstić information content (AvgIpc) is 3.20. The lowest BCUT2D eigenvalue weighted by Crippen LogP contribution is -2.50. The molecule has 56 heavy (non-hydrogen) atoms.